The van der Waals surface area contributed by atoms with E-state index in [0.29, 0.717) is 37.9 Å². The largest absolute Gasteiger partial charge is 0.489 e. The average Bonchev–Trinajstić information content (AvgIpc) is 2.92. The molecule has 0 spiro atoms. The quantitative estimate of drug-likeness (QED) is 0.189. The normalized spacial score (nSPS) is 10.9. The second kappa shape index (κ2) is 12.8. The number of fused-ring (bicyclic) bond motifs is 1. The topological polar surface area (TPSA) is 49.7 Å². The number of ether oxygens (including phenoxy) is 3. The fourth-order valence-electron chi connectivity index (χ4n) is 4.07. The molecule has 36 heavy (non-hydrogen) atoms. The van der Waals surface area contributed by atoms with Gasteiger partial charge >= 0.3 is 0 Å². The van der Waals surface area contributed by atoms with Gasteiger partial charge in [-0.2, -0.15) is 0 Å². The fourth-order valence-corrected chi connectivity index (χ4v) is 4.07. The minimum atomic E-state index is -0.168. The van der Waals surface area contributed by atoms with Crippen LogP contribution in [0.1, 0.15) is 50.7 Å². The number of aromatic nitrogens is 1. The summed E-state index contributed by atoms with van der Waals surface area (Å²) >= 11 is 0. The van der Waals surface area contributed by atoms with E-state index in [0.717, 1.165) is 47.7 Å². The van der Waals surface area contributed by atoms with Crippen LogP contribution in [0.15, 0.2) is 83.7 Å². The highest BCUT2D eigenvalue weighted by atomic mass is 16.5. The number of nitrogens with zero attached hydrogens (tertiary/aromatic N) is 1. The van der Waals surface area contributed by atoms with Crippen LogP contribution >= 0.6 is 0 Å². The molecule has 4 aromatic rings. The number of hydrogen-bond acceptors (Lipinski definition) is 4. The van der Waals surface area contributed by atoms with Gasteiger partial charge in [-0.25, -0.2) is 0 Å². The van der Waals surface area contributed by atoms with E-state index in [1.807, 2.05) is 78.9 Å². The summed E-state index contributed by atoms with van der Waals surface area (Å²) in [6.45, 7) is 6.13. The molecule has 0 radical (unpaired) electrons. The Morgan fingerprint density at radius 2 is 1.33 bits per heavy atom. The molecule has 0 aliphatic carbocycles. The van der Waals surface area contributed by atoms with Crippen LogP contribution in [0.5, 0.6) is 17.2 Å². The van der Waals surface area contributed by atoms with Crippen LogP contribution in [-0.2, 0) is 19.8 Å². The van der Waals surface area contributed by atoms with Crippen LogP contribution in [0.4, 0.5) is 0 Å². The number of hydrogen-bond donors (Lipinski definition) is 0. The molecule has 0 aliphatic heterocycles. The van der Waals surface area contributed by atoms with Crippen LogP contribution in [0.25, 0.3) is 10.9 Å². The maximum atomic E-state index is 13.8. The van der Waals surface area contributed by atoms with E-state index >= 15 is 0 Å². The van der Waals surface area contributed by atoms with Crippen molar-refractivity contribution in [3.8, 4) is 17.2 Å². The Kier molecular flexibility index (Phi) is 9.03. The molecule has 0 unspecified atom stereocenters. The van der Waals surface area contributed by atoms with Crippen LogP contribution in [-0.4, -0.2) is 11.2 Å². The number of rotatable bonds is 13. The van der Waals surface area contributed by atoms with Crippen molar-refractivity contribution in [1.29, 1.82) is 0 Å². The maximum Gasteiger partial charge on any atom is 0.297 e. The lowest BCUT2D eigenvalue weighted by atomic mass is 10.1. The van der Waals surface area contributed by atoms with Crippen molar-refractivity contribution in [2.24, 2.45) is 0 Å². The van der Waals surface area contributed by atoms with Crippen LogP contribution < -0.4 is 19.8 Å². The summed E-state index contributed by atoms with van der Waals surface area (Å²) in [5, 5.41) is 0.858. The molecule has 5 nitrogen and oxygen atoms in total. The monoisotopic (exact) mass is 485 g/mol. The van der Waals surface area contributed by atoms with E-state index in [9.17, 15) is 4.79 Å². The fraction of sp³-hybridized carbons (Fsp3) is 0.323. The summed E-state index contributed by atoms with van der Waals surface area (Å²) in [4.78, 5) is 13.8. The zero-order valence-corrected chi connectivity index (χ0v) is 21.2. The van der Waals surface area contributed by atoms with Gasteiger partial charge in [-0.1, -0.05) is 87.4 Å². The Morgan fingerprint density at radius 3 is 1.97 bits per heavy atom. The van der Waals surface area contributed by atoms with Crippen molar-refractivity contribution in [3.63, 3.8) is 0 Å². The first-order valence-corrected chi connectivity index (χ1v) is 12.9. The first-order chi connectivity index (χ1) is 17.7. The third-order valence-electron chi connectivity index (χ3n) is 6.10. The standard InChI is InChI=1S/C31H35NO4/c1-3-5-19-32-28-21-26(35-22-24-13-9-7-10-14-24)17-18-27(28)29(34-20-6-4-2)30(31(32)33)36-23-25-15-11-8-12-16-25/h7-18,21H,3-6,19-20,22-23H2,1-2H3. The summed E-state index contributed by atoms with van der Waals surface area (Å²) in [5.74, 6) is 1.51. The molecule has 1 heterocycles. The summed E-state index contributed by atoms with van der Waals surface area (Å²) < 4.78 is 20.3. The Balaban J connectivity index is 1.75. The van der Waals surface area contributed by atoms with Gasteiger partial charge in [0, 0.05) is 18.0 Å². The second-order valence-corrected chi connectivity index (χ2v) is 8.90. The minimum absolute atomic E-state index is 0.168. The van der Waals surface area contributed by atoms with Gasteiger partial charge < -0.3 is 18.8 Å². The van der Waals surface area contributed by atoms with Crippen LogP contribution in [0.2, 0.25) is 0 Å². The molecular formula is C31H35NO4. The molecule has 0 bridgehead atoms. The Hall–Kier alpha value is -3.73. The van der Waals surface area contributed by atoms with Gasteiger partial charge in [0.15, 0.2) is 5.75 Å². The lowest BCUT2D eigenvalue weighted by molar-refractivity contribution is 0.256. The maximum absolute atomic E-state index is 13.8. The second-order valence-electron chi connectivity index (χ2n) is 8.90. The van der Waals surface area contributed by atoms with Gasteiger partial charge in [0.05, 0.1) is 12.1 Å². The smallest absolute Gasteiger partial charge is 0.297 e. The highest BCUT2D eigenvalue weighted by Crippen LogP contribution is 2.35. The summed E-state index contributed by atoms with van der Waals surface area (Å²) in [6, 6.07) is 25.8. The molecule has 0 N–H and O–H groups in total. The molecule has 0 aliphatic rings. The lowest BCUT2D eigenvalue weighted by Crippen LogP contribution is -2.24. The van der Waals surface area contributed by atoms with E-state index in [-0.39, 0.29) is 11.3 Å². The molecule has 5 heteroatoms. The molecule has 1 aromatic heterocycles. The highest BCUT2D eigenvalue weighted by molar-refractivity contribution is 5.89. The Bertz CT molecular complexity index is 1300. The molecule has 0 atom stereocenters. The zero-order chi connectivity index (χ0) is 25.2. The first-order valence-electron chi connectivity index (χ1n) is 12.9. The van der Waals surface area contributed by atoms with Gasteiger partial charge in [-0.15, -0.1) is 0 Å². The number of benzene rings is 3. The van der Waals surface area contributed by atoms with E-state index in [1.54, 1.807) is 4.57 Å². The van der Waals surface area contributed by atoms with Gasteiger partial charge in [-0.05, 0) is 36.1 Å². The molecule has 0 saturated heterocycles. The number of unbranched alkanes of at least 4 members (excludes halogenated alkanes) is 2. The molecule has 0 saturated carbocycles. The highest BCUT2D eigenvalue weighted by Gasteiger charge is 2.20. The molecule has 0 amide bonds. The van der Waals surface area contributed by atoms with Crippen LogP contribution in [0, 0.1) is 0 Å². The Morgan fingerprint density at radius 1 is 0.694 bits per heavy atom. The third-order valence-corrected chi connectivity index (χ3v) is 6.10. The minimum Gasteiger partial charge on any atom is -0.489 e. The van der Waals surface area contributed by atoms with Crippen molar-refractivity contribution in [1.82, 2.24) is 4.57 Å². The third kappa shape index (κ3) is 6.28. The van der Waals surface area contributed by atoms with Crippen molar-refractivity contribution in [2.45, 2.75) is 59.3 Å². The molecule has 3 aromatic carbocycles. The average molecular weight is 486 g/mol. The SMILES string of the molecule is CCCCOc1c(OCc2ccccc2)c(=O)n(CCCC)c2cc(OCc3ccccc3)ccc12. The summed E-state index contributed by atoms with van der Waals surface area (Å²) in [7, 11) is 0. The van der Waals surface area contributed by atoms with Crippen LogP contribution in [0.3, 0.4) is 0 Å². The molecule has 188 valence electrons. The van der Waals surface area contributed by atoms with Gasteiger partial charge in [0.25, 0.3) is 5.56 Å². The first kappa shape index (κ1) is 25.4. The summed E-state index contributed by atoms with van der Waals surface area (Å²) in [6.07, 6.45) is 3.77. The van der Waals surface area contributed by atoms with E-state index < -0.39 is 0 Å². The summed E-state index contributed by atoms with van der Waals surface area (Å²) in [5.41, 5.74) is 2.73. The molecule has 0 fully saturated rings. The van der Waals surface area contributed by atoms with E-state index in [4.69, 9.17) is 14.2 Å². The molecule has 4 rings (SSSR count). The van der Waals surface area contributed by atoms with Crippen molar-refractivity contribution in [2.75, 3.05) is 6.61 Å². The predicted octanol–water partition coefficient (Wildman–Crippen LogP) is 7.14. The number of aryl methyl sites for hydroxylation is 1. The van der Waals surface area contributed by atoms with E-state index in [1.165, 1.54) is 0 Å². The lowest BCUT2D eigenvalue weighted by Gasteiger charge is -2.19. The number of pyridine rings is 1. The van der Waals surface area contributed by atoms with Gasteiger partial charge in [0.1, 0.15) is 19.0 Å². The molecular weight excluding hydrogens is 450 g/mol. The van der Waals surface area contributed by atoms with E-state index in [2.05, 4.69) is 13.8 Å². The van der Waals surface area contributed by atoms with Crippen molar-refractivity contribution >= 4 is 10.9 Å². The Labute approximate surface area is 213 Å². The predicted molar refractivity (Wildman–Crippen MR) is 145 cm³/mol. The van der Waals surface area contributed by atoms with Crippen molar-refractivity contribution in [3.05, 3.63) is 100 Å². The van der Waals surface area contributed by atoms with Gasteiger partial charge in [0.2, 0.25) is 5.75 Å². The van der Waals surface area contributed by atoms with Crippen molar-refractivity contribution < 1.29 is 14.2 Å². The zero-order valence-electron chi connectivity index (χ0n) is 21.2. The van der Waals surface area contributed by atoms with Gasteiger partial charge in [-0.3, -0.25) is 4.79 Å².